The summed E-state index contributed by atoms with van der Waals surface area (Å²) in [5, 5.41) is 0. The SMILES string of the molecule is CC1(C)OC(c2cccc(Br)c2)C/C1=C/c1cccc(Br)c1. The first-order chi connectivity index (χ1) is 10.4. The lowest BCUT2D eigenvalue weighted by Crippen LogP contribution is -2.20. The van der Waals surface area contributed by atoms with E-state index in [1.807, 2.05) is 12.1 Å². The molecule has 1 atom stereocenters. The molecule has 3 heteroatoms. The van der Waals surface area contributed by atoms with Gasteiger partial charge in [-0.3, -0.25) is 0 Å². The molecule has 0 aliphatic carbocycles. The summed E-state index contributed by atoms with van der Waals surface area (Å²) in [5.74, 6) is 0. The van der Waals surface area contributed by atoms with Crippen LogP contribution in [0, 0.1) is 0 Å². The van der Waals surface area contributed by atoms with E-state index < -0.39 is 0 Å². The third kappa shape index (κ3) is 3.53. The minimum Gasteiger partial charge on any atom is -0.363 e. The Morgan fingerprint density at radius 3 is 2.41 bits per heavy atom. The number of ether oxygens (including phenoxy) is 1. The van der Waals surface area contributed by atoms with Gasteiger partial charge in [-0.2, -0.15) is 0 Å². The van der Waals surface area contributed by atoms with Crippen molar-refractivity contribution in [1.82, 2.24) is 0 Å². The van der Waals surface area contributed by atoms with E-state index in [2.05, 4.69) is 88.2 Å². The molecule has 2 aromatic rings. The summed E-state index contributed by atoms with van der Waals surface area (Å²) in [4.78, 5) is 0. The molecule has 1 unspecified atom stereocenters. The Bertz CT molecular complexity index is 719. The van der Waals surface area contributed by atoms with Crippen molar-refractivity contribution < 1.29 is 4.74 Å². The lowest BCUT2D eigenvalue weighted by atomic mass is 9.93. The van der Waals surface area contributed by atoms with E-state index in [9.17, 15) is 0 Å². The molecule has 1 saturated heterocycles. The van der Waals surface area contributed by atoms with E-state index in [4.69, 9.17) is 4.74 Å². The molecular formula is C19H18Br2O. The molecule has 0 N–H and O–H groups in total. The van der Waals surface area contributed by atoms with Gasteiger partial charge < -0.3 is 4.74 Å². The van der Waals surface area contributed by atoms with Gasteiger partial charge in [-0.1, -0.05) is 62.2 Å². The Balaban J connectivity index is 1.90. The predicted molar refractivity (Wildman–Crippen MR) is 98.8 cm³/mol. The molecule has 0 saturated carbocycles. The summed E-state index contributed by atoms with van der Waals surface area (Å²) < 4.78 is 8.50. The fraction of sp³-hybridized carbons (Fsp3) is 0.263. The van der Waals surface area contributed by atoms with Gasteiger partial charge in [0.1, 0.15) is 0 Å². The molecule has 0 bridgehead atoms. The Kier molecular flexibility index (Phi) is 4.58. The Morgan fingerprint density at radius 2 is 1.73 bits per heavy atom. The number of hydrogen-bond acceptors (Lipinski definition) is 1. The van der Waals surface area contributed by atoms with Gasteiger partial charge in [0, 0.05) is 15.4 Å². The standard InChI is InChI=1S/C19H18Br2O/c1-19(2)15(9-13-5-3-7-16(20)10-13)12-18(22-19)14-6-4-8-17(21)11-14/h3-11,18H,12H2,1-2H3/b15-9-. The zero-order chi connectivity index (χ0) is 15.7. The predicted octanol–water partition coefficient (Wildman–Crippen LogP) is 6.54. The summed E-state index contributed by atoms with van der Waals surface area (Å²) in [6, 6.07) is 16.7. The largest absolute Gasteiger partial charge is 0.363 e. The third-order valence-electron chi connectivity index (χ3n) is 4.03. The molecule has 114 valence electrons. The van der Waals surface area contributed by atoms with E-state index in [0.717, 1.165) is 15.4 Å². The van der Waals surface area contributed by atoms with Crippen LogP contribution in [-0.4, -0.2) is 5.60 Å². The third-order valence-corrected chi connectivity index (χ3v) is 5.01. The molecule has 0 radical (unpaired) electrons. The maximum Gasteiger partial charge on any atom is 0.0875 e. The highest BCUT2D eigenvalue weighted by Crippen LogP contribution is 2.44. The Hall–Kier alpha value is -0.900. The first-order valence-electron chi connectivity index (χ1n) is 7.34. The van der Waals surface area contributed by atoms with Crippen molar-refractivity contribution in [1.29, 1.82) is 0 Å². The Morgan fingerprint density at radius 1 is 1.05 bits per heavy atom. The fourth-order valence-electron chi connectivity index (χ4n) is 2.84. The van der Waals surface area contributed by atoms with E-state index in [0.29, 0.717) is 0 Å². The topological polar surface area (TPSA) is 9.23 Å². The number of halogens is 2. The first kappa shape index (κ1) is 16.0. The van der Waals surface area contributed by atoms with Crippen molar-refractivity contribution >= 4 is 37.9 Å². The second kappa shape index (κ2) is 6.31. The number of hydrogen-bond donors (Lipinski definition) is 0. The lowest BCUT2D eigenvalue weighted by Gasteiger charge is -2.21. The fourth-order valence-corrected chi connectivity index (χ4v) is 3.68. The van der Waals surface area contributed by atoms with Gasteiger partial charge in [-0.25, -0.2) is 0 Å². The number of benzene rings is 2. The van der Waals surface area contributed by atoms with Crippen LogP contribution in [0.2, 0.25) is 0 Å². The van der Waals surface area contributed by atoms with Crippen molar-refractivity contribution in [3.63, 3.8) is 0 Å². The van der Waals surface area contributed by atoms with Crippen LogP contribution in [0.1, 0.15) is 37.5 Å². The van der Waals surface area contributed by atoms with Gasteiger partial charge in [0.25, 0.3) is 0 Å². The molecule has 1 fully saturated rings. The molecule has 0 spiro atoms. The van der Waals surface area contributed by atoms with Crippen LogP contribution >= 0.6 is 31.9 Å². The highest BCUT2D eigenvalue weighted by Gasteiger charge is 2.37. The van der Waals surface area contributed by atoms with Crippen LogP contribution in [0.4, 0.5) is 0 Å². The van der Waals surface area contributed by atoms with Gasteiger partial charge in [0.05, 0.1) is 11.7 Å². The minimum absolute atomic E-state index is 0.117. The second-order valence-electron chi connectivity index (χ2n) is 6.10. The van der Waals surface area contributed by atoms with Crippen LogP contribution in [0.25, 0.3) is 6.08 Å². The quantitative estimate of drug-likeness (QED) is 0.535. The molecule has 0 aromatic heterocycles. The normalized spacial score (nSPS) is 22.2. The van der Waals surface area contributed by atoms with Gasteiger partial charge in [-0.15, -0.1) is 0 Å². The molecule has 1 aliphatic heterocycles. The van der Waals surface area contributed by atoms with Crippen LogP contribution in [-0.2, 0) is 4.74 Å². The number of rotatable bonds is 2. The monoisotopic (exact) mass is 420 g/mol. The van der Waals surface area contributed by atoms with Gasteiger partial charge >= 0.3 is 0 Å². The van der Waals surface area contributed by atoms with E-state index in [1.165, 1.54) is 16.7 Å². The van der Waals surface area contributed by atoms with E-state index in [-0.39, 0.29) is 11.7 Å². The minimum atomic E-state index is -0.241. The van der Waals surface area contributed by atoms with Crippen molar-refractivity contribution in [2.75, 3.05) is 0 Å². The average molecular weight is 422 g/mol. The Labute approximate surface area is 148 Å². The molecule has 2 aromatic carbocycles. The van der Waals surface area contributed by atoms with Crippen molar-refractivity contribution in [2.45, 2.75) is 32.0 Å². The second-order valence-corrected chi connectivity index (χ2v) is 7.93. The summed E-state index contributed by atoms with van der Waals surface area (Å²) in [6.45, 7) is 4.30. The van der Waals surface area contributed by atoms with Crippen LogP contribution in [0.15, 0.2) is 63.0 Å². The first-order valence-corrected chi connectivity index (χ1v) is 8.92. The lowest BCUT2D eigenvalue weighted by molar-refractivity contribution is -0.00411. The molecular weight excluding hydrogens is 404 g/mol. The summed E-state index contributed by atoms with van der Waals surface area (Å²) in [7, 11) is 0. The molecule has 1 heterocycles. The maximum absolute atomic E-state index is 6.30. The molecule has 0 amide bonds. The maximum atomic E-state index is 6.30. The van der Waals surface area contributed by atoms with Crippen molar-refractivity contribution in [3.8, 4) is 0 Å². The highest BCUT2D eigenvalue weighted by atomic mass is 79.9. The molecule has 3 rings (SSSR count). The van der Waals surface area contributed by atoms with E-state index >= 15 is 0 Å². The molecule has 1 aliphatic rings. The molecule has 1 nitrogen and oxygen atoms in total. The van der Waals surface area contributed by atoms with Crippen molar-refractivity contribution in [2.24, 2.45) is 0 Å². The average Bonchev–Trinajstić information content (AvgIpc) is 2.74. The zero-order valence-corrected chi connectivity index (χ0v) is 15.8. The zero-order valence-electron chi connectivity index (χ0n) is 12.6. The van der Waals surface area contributed by atoms with Crippen molar-refractivity contribution in [3.05, 3.63) is 74.2 Å². The summed E-state index contributed by atoms with van der Waals surface area (Å²) in [5.41, 5.74) is 3.52. The van der Waals surface area contributed by atoms with Gasteiger partial charge in [0.15, 0.2) is 0 Å². The smallest absolute Gasteiger partial charge is 0.0875 e. The molecule has 22 heavy (non-hydrogen) atoms. The highest BCUT2D eigenvalue weighted by molar-refractivity contribution is 9.10. The van der Waals surface area contributed by atoms with Crippen LogP contribution < -0.4 is 0 Å². The van der Waals surface area contributed by atoms with Crippen LogP contribution in [0.5, 0.6) is 0 Å². The van der Waals surface area contributed by atoms with Gasteiger partial charge in [0.2, 0.25) is 0 Å². The van der Waals surface area contributed by atoms with E-state index in [1.54, 1.807) is 0 Å². The van der Waals surface area contributed by atoms with Gasteiger partial charge in [-0.05, 0) is 54.8 Å². The van der Waals surface area contributed by atoms with Crippen LogP contribution in [0.3, 0.4) is 0 Å². The summed E-state index contributed by atoms with van der Waals surface area (Å²) >= 11 is 7.07. The summed E-state index contributed by atoms with van der Waals surface area (Å²) in [6.07, 6.45) is 3.30.